The van der Waals surface area contributed by atoms with Gasteiger partial charge in [0.1, 0.15) is 4.88 Å². The number of carbonyl (C=O) groups is 2. The standard InChI is InChI=1S/C20H17N3O3S/c1-12-10-23-11-17(27-20(23)21-12)19(25)26-13(2)18(24)22-16-9-5-7-14-6-3-4-8-15(14)16/h3-11,13H,1-2H3,(H,22,24)/t13-/m1/s1. The molecule has 0 saturated heterocycles. The summed E-state index contributed by atoms with van der Waals surface area (Å²) in [7, 11) is 0. The fourth-order valence-corrected chi connectivity index (χ4v) is 3.74. The average molecular weight is 379 g/mol. The predicted molar refractivity (Wildman–Crippen MR) is 105 cm³/mol. The summed E-state index contributed by atoms with van der Waals surface area (Å²) in [5.41, 5.74) is 1.56. The van der Waals surface area contributed by atoms with E-state index in [0.29, 0.717) is 15.5 Å². The van der Waals surface area contributed by atoms with E-state index in [-0.39, 0.29) is 5.91 Å². The molecule has 0 fully saturated rings. The van der Waals surface area contributed by atoms with E-state index < -0.39 is 12.1 Å². The van der Waals surface area contributed by atoms with Crippen LogP contribution in [-0.2, 0) is 9.53 Å². The van der Waals surface area contributed by atoms with Crippen LogP contribution in [0.25, 0.3) is 15.7 Å². The Hall–Kier alpha value is -3.19. The maximum absolute atomic E-state index is 12.5. The predicted octanol–water partition coefficient (Wildman–Crippen LogP) is 4.04. The topological polar surface area (TPSA) is 72.7 Å². The summed E-state index contributed by atoms with van der Waals surface area (Å²) < 4.78 is 7.11. The van der Waals surface area contributed by atoms with Crippen molar-refractivity contribution in [3.05, 3.63) is 65.4 Å². The van der Waals surface area contributed by atoms with E-state index in [2.05, 4.69) is 10.3 Å². The lowest BCUT2D eigenvalue weighted by molar-refractivity contribution is -0.123. The third-order valence-corrected chi connectivity index (χ3v) is 5.15. The molecule has 1 N–H and O–H groups in total. The largest absolute Gasteiger partial charge is 0.448 e. The molecule has 0 saturated carbocycles. The molecule has 0 aliphatic carbocycles. The Balaban J connectivity index is 1.46. The number of fused-ring (bicyclic) bond motifs is 2. The first-order valence-electron chi connectivity index (χ1n) is 8.46. The second kappa shape index (κ2) is 6.85. The minimum absolute atomic E-state index is 0.378. The van der Waals surface area contributed by atoms with Gasteiger partial charge in [-0.1, -0.05) is 47.7 Å². The number of thiazole rings is 1. The van der Waals surface area contributed by atoms with Crippen molar-refractivity contribution in [3.63, 3.8) is 0 Å². The molecular weight excluding hydrogens is 362 g/mol. The maximum atomic E-state index is 12.5. The third-order valence-electron chi connectivity index (χ3n) is 4.18. The fourth-order valence-electron chi connectivity index (χ4n) is 2.85. The number of ether oxygens (including phenoxy) is 1. The molecule has 0 unspecified atom stereocenters. The highest BCUT2D eigenvalue weighted by Gasteiger charge is 2.21. The minimum Gasteiger partial charge on any atom is -0.448 e. The smallest absolute Gasteiger partial charge is 0.350 e. The van der Waals surface area contributed by atoms with Crippen molar-refractivity contribution in [2.45, 2.75) is 20.0 Å². The van der Waals surface area contributed by atoms with Crippen LogP contribution in [-0.4, -0.2) is 27.4 Å². The van der Waals surface area contributed by atoms with Crippen molar-refractivity contribution in [1.82, 2.24) is 9.38 Å². The Kier molecular flexibility index (Phi) is 4.37. The van der Waals surface area contributed by atoms with Crippen LogP contribution in [0, 0.1) is 6.92 Å². The SMILES string of the molecule is Cc1cn2cc(C(=O)O[C@H](C)C(=O)Nc3cccc4ccccc34)sc2n1. The number of rotatable bonds is 4. The second-order valence-electron chi connectivity index (χ2n) is 6.23. The molecule has 0 aliphatic heterocycles. The van der Waals surface area contributed by atoms with E-state index in [1.54, 1.807) is 17.5 Å². The number of benzene rings is 2. The van der Waals surface area contributed by atoms with Gasteiger partial charge in [-0.3, -0.25) is 9.20 Å². The monoisotopic (exact) mass is 379 g/mol. The molecule has 0 aliphatic rings. The van der Waals surface area contributed by atoms with Gasteiger partial charge < -0.3 is 10.1 Å². The number of nitrogens with one attached hydrogen (secondary N) is 1. The molecule has 0 spiro atoms. The minimum atomic E-state index is -0.923. The summed E-state index contributed by atoms with van der Waals surface area (Å²) in [4.78, 5) is 30.3. The number of amides is 1. The number of carbonyl (C=O) groups excluding carboxylic acids is 2. The van der Waals surface area contributed by atoms with Gasteiger partial charge in [0.2, 0.25) is 0 Å². The van der Waals surface area contributed by atoms with E-state index in [0.717, 1.165) is 16.5 Å². The van der Waals surface area contributed by atoms with Crippen LogP contribution in [0.4, 0.5) is 5.69 Å². The van der Waals surface area contributed by atoms with Crippen molar-refractivity contribution in [3.8, 4) is 0 Å². The Bertz CT molecular complexity index is 1120. The first-order chi connectivity index (χ1) is 13.0. The van der Waals surface area contributed by atoms with Gasteiger partial charge in [-0.15, -0.1) is 0 Å². The molecule has 136 valence electrons. The zero-order chi connectivity index (χ0) is 19.0. The highest BCUT2D eigenvalue weighted by molar-refractivity contribution is 7.18. The van der Waals surface area contributed by atoms with Crippen LogP contribution in [0.2, 0.25) is 0 Å². The van der Waals surface area contributed by atoms with Crippen LogP contribution < -0.4 is 5.32 Å². The number of imidazole rings is 1. The molecule has 4 aromatic rings. The number of aromatic nitrogens is 2. The Labute approximate surface area is 159 Å². The Morgan fingerprint density at radius 3 is 2.74 bits per heavy atom. The summed E-state index contributed by atoms with van der Waals surface area (Å²) in [6.45, 7) is 3.44. The van der Waals surface area contributed by atoms with Gasteiger partial charge in [0.15, 0.2) is 11.1 Å². The summed E-state index contributed by atoms with van der Waals surface area (Å²) in [6, 6.07) is 13.4. The molecule has 2 aromatic carbocycles. The van der Waals surface area contributed by atoms with Crippen LogP contribution in [0.3, 0.4) is 0 Å². The van der Waals surface area contributed by atoms with Crippen molar-refractivity contribution in [1.29, 1.82) is 0 Å². The molecule has 4 rings (SSSR count). The Morgan fingerprint density at radius 1 is 1.15 bits per heavy atom. The molecule has 0 bridgehead atoms. The number of hydrogen-bond donors (Lipinski definition) is 1. The van der Waals surface area contributed by atoms with Crippen molar-refractivity contribution in [2.24, 2.45) is 0 Å². The van der Waals surface area contributed by atoms with E-state index in [1.165, 1.54) is 11.3 Å². The van der Waals surface area contributed by atoms with E-state index >= 15 is 0 Å². The van der Waals surface area contributed by atoms with Gasteiger partial charge in [-0.2, -0.15) is 0 Å². The molecule has 7 heteroatoms. The lowest BCUT2D eigenvalue weighted by Gasteiger charge is -2.14. The summed E-state index contributed by atoms with van der Waals surface area (Å²) >= 11 is 1.23. The molecule has 6 nitrogen and oxygen atoms in total. The Morgan fingerprint density at radius 2 is 1.93 bits per heavy atom. The number of nitrogens with zero attached hydrogens (tertiary/aromatic N) is 2. The molecule has 27 heavy (non-hydrogen) atoms. The van der Waals surface area contributed by atoms with Gasteiger partial charge in [0.05, 0.1) is 5.69 Å². The number of aryl methyl sites for hydroxylation is 1. The second-order valence-corrected chi connectivity index (χ2v) is 7.24. The molecular formula is C20H17N3O3S. The highest BCUT2D eigenvalue weighted by Crippen LogP contribution is 2.23. The first-order valence-corrected chi connectivity index (χ1v) is 9.27. The zero-order valence-corrected chi connectivity index (χ0v) is 15.6. The average Bonchev–Trinajstić information content (AvgIpc) is 3.19. The summed E-state index contributed by atoms with van der Waals surface area (Å²) in [5.74, 6) is -0.916. The summed E-state index contributed by atoms with van der Waals surface area (Å²) in [6.07, 6.45) is 2.57. The van der Waals surface area contributed by atoms with Gasteiger partial charge in [-0.05, 0) is 25.3 Å². The van der Waals surface area contributed by atoms with Crippen molar-refractivity contribution >= 4 is 44.6 Å². The zero-order valence-electron chi connectivity index (χ0n) is 14.8. The number of hydrogen-bond acceptors (Lipinski definition) is 5. The molecule has 2 heterocycles. The van der Waals surface area contributed by atoms with Crippen molar-refractivity contribution in [2.75, 3.05) is 5.32 Å². The number of esters is 1. The van der Waals surface area contributed by atoms with Crippen LogP contribution in [0.1, 0.15) is 22.3 Å². The van der Waals surface area contributed by atoms with E-state index in [4.69, 9.17) is 4.74 Å². The molecule has 1 amide bonds. The van der Waals surface area contributed by atoms with Crippen LogP contribution >= 0.6 is 11.3 Å². The lowest BCUT2D eigenvalue weighted by Crippen LogP contribution is -2.29. The quantitative estimate of drug-likeness (QED) is 0.543. The molecule has 1 atom stereocenters. The van der Waals surface area contributed by atoms with Gasteiger partial charge in [-0.25, -0.2) is 9.78 Å². The highest BCUT2D eigenvalue weighted by atomic mass is 32.1. The van der Waals surface area contributed by atoms with E-state index in [9.17, 15) is 9.59 Å². The maximum Gasteiger partial charge on any atom is 0.350 e. The van der Waals surface area contributed by atoms with Crippen molar-refractivity contribution < 1.29 is 14.3 Å². The molecule has 0 radical (unpaired) electrons. The van der Waals surface area contributed by atoms with Gasteiger partial charge in [0, 0.05) is 23.5 Å². The van der Waals surface area contributed by atoms with E-state index in [1.807, 2.05) is 55.6 Å². The lowest BCUT2D eigenvalue weighted by atomic mass is 10.1. The van der Waals surface area contributed by atoms with Crippen LogP contribution in [0.5, 0.6) is 0 Å². The summed E-state index contributed by atoms with van der Waals surface area (Å²) in [5, 5.41) is 4.80. The van der Waals surface area contributed by atoms with Gasteiger partial charge in [0.25, 0.3) is 5.91 Å². The number of anilines is 1. The third kappa shape index (κ3) is 3.41. The first kappa shape index (κ1) is 17.2. The fraction of sp³-hybridized carbons (Fsp3) is 0.150. The van der Waals surface area contributed by atoms with Gasteiger partial charge >= 0.3 is 5.97 Å². The molecule has 2 aromatic heterocycles. The van der Waals surface area contributed by atoms with Crippen LogP contribution in [0.15, 0.2) is 54.9 Å². The normalized spacial score (nSPS) is 12.2.